The van der Waals surface area contributed by atoms with Gasteiger partial charge in [0, 0.05) is 18.5 Å². The second kappa shape index (κ2) is 7.28. The van der Waals surface area contributed by atoms with Gasteiger partial charge in [0.25, 0.3) is 0 Å². The van der Waals surface area contributed by atoms with Crippen LogP contribution in [0.2, 0.25) is 0 Å². The first-order valence-electron chi connectivity index (χ1n) is 8.22. The molecule has 0 radical (unpaired) electrons. The summed E-state index contributed by atoms with van der Waals surface area (Å²) in [6.07, 6.45) is 11.5. The molecule has 4 atom stereocenters. The molecule has 0 heterocycles. The van der Waals surface area contributed by atoms with Gasteiger partial charge in [-0.15, -0.1) is 0 Å². The highest BCUT2D eigenvalue weighted by atomic mass is 16.1. The Kier molecular flexibility index (Phi) is 5.68. The lowest BCUT2D eigenvalue weighted by atomic mass is 9.82. The first-order valence-corrected chi connectivity index (χ1v) is 8.22. The van der Waals surface area contributed by atoms with E-state index in [0.717, 1.165) is 18.8 Å². The molecule has 0 bridgehead atoms. The Balaban J connectivity index is 1.71. The average molecular weight is 266 g/mol. The topological polar surface area (TPSA) is 55.1 Å². The Labute approximate surface area is 117 Å². The molecule has 0 aromatic rings. The zero-order valence-corrected chi connectivity index (χ0v) is 12.4. The molecule has 2 aliphatic rings. The maximum absolute atomic E-state index is 12.1. The molecule has 1 amide bonds. The zero-order valence-electron chi connectivity index (χ0n) is 12.4. The number of nitrogens with two attached hydrogens (primary N) is 1. The molecule has 0 spiro atoms. The molecule has 4 unspecified atom stereocenters. The first kappa shape index (κ1) is 14.8. The fraction of sp³-hybridized carbons (Fsp3) is 0.938. The van der Waals surface area contributed by atoms with E-state index in [9.17, 15) is 4.79 Å². The third kappa shape index (κ3) is 4.79. The van der Waals surface area contributed by atoms with Gasteiger partial charge in [-0.05, 0) is 43.9 Å². The van der Waals surface area contributed by atoms with E-state index in [2.05, 4.69) is 12.2 Å². The third-order valence-corrected chi connectivity index (χ3v) is 5.02. The van der Waals surface area contributed by atoms with Gasteiger partial charge in [-0.3, -0.25) is 4.79 Å². The number of carbonyl (C=O) groups excluding carboxylic acids is 1. The average Bonchev–Trinajstić information content (AvgIpc) is 2.38. The lowest BCUT2D eigenvalue weighted by molar-refractivity contribution is -0.123. The standard InChI is InChI=1S/C16H30N2O/c1-2-12-5-4-8-15(10-12)18-16(19)11-13-6-3-7-14(17)9-13/h12-15H,2-11,17H2,1H3,(H,18,19). The molecule has 19 heavy (non-hydrogen) atoms. The van der Waals surface area contributed by atoms with Crippen molar-refractivity contribution in [1.29, 1.82) is 0 Å². The highest BCUT2D eigenvalue weighted by Crippen LogP contribution is 2.28. The van der Waals surface area contributed by atoms with Crippen molar-refractivity contribution in [3.8, 4) is 0 Å². The molecule has 3 nitrogen and oxygen atoms in total. The van der Waals surface area contributed by atoms with Crippen molar-refractivity contribution in [1.82, 2.24) is 5.32 Å². The molecular formula is C16H30N2O. The quantitative estimate of drug-likeness (QED) is 0.822. The van der Waals surface area contributed by atoms with Gasteiger partial charge in [-0.1, -0.05) is 32.6 Å². The summed E-state index contributed by atoms with van der Waals surface area (Å²) in [4.78, 5) is 12.1. The van der Waals surface area contributed by atoms with E-state index >= 15 is 0 Å². The summed E-state index contributed by atoms with van der Waals surface area (Å²) >= 11 is 0. The van der Waals surface area contributed by atoms with E-state index in [0.29, 0.717) is 24.4 Å². The Morgan fingerprint density at radius 1 is 1.11 bits per heavy atom. The molecule has 2 fully saturated rings. The number of nitrogens with one attached hydrogen (secondary N) is 1. The van der Waals surface area contributed by atoms with Crippen LogP contribution in [0.5, 0.6) is 0 Å². The zero-order chi connectivity index (χ0) is 13.7. The summed E-state index contributed by atoms with van der Waals surface area (Å²) in [5.74, 6) is 1.61. The van der Waals surface area contributed by atoms with Crippen LogP contribution in [-0.2, 0) is 4.79 Å². The lowest BCUT2D eigenvalue weighted by Crippen LogP contribution is -2.40. The van der Waals surface area contributed by atoms with E-state index in [4.69, 9.17) is 5.73 Å². The Morgan fingerprint density at radius 2 is 1.84 bits per heavy atom. The fourth-order valence-electron chi connectivity index (χ4n) is 3.86. The lowest BCUT2D eigenvalue weighted by Gasteiger charge is -2.30. The van der Waals surface area contributed by atoms with Crippen molar-refractivity contribution >= 4 is 5.91 Å². The number of carbonyl (C=O) groups is 1. The van der Waals surface area contributed by atoms with Crippen LogP contribution in [0.3, 0.4) is 0 Å². The van der Waals surface area contributed by atoms with Crippen molar-refractivity contribution in [2.24, 2.45) is 17.6 Å². The summed E-state index contributed by atoms with van der Waals surface area (Å²) < 4.78 is 0. The number of hydrogen-bond donors (Lipinski definition) is 2. The van der Waals surface area contributed by atoms with Crippen LogP contribution in [0.1, 0.15) is 71.1 Å². The normalized spacial score (nSPS) is 35.9. The minimum Gasteiger partial charge on any atom is -0.353 e. The van der Waals surface area contributed by atoms with Crippen LogP contribution in [-0.4, -0.2) is 18.0 Å². The minimum atomic E-state index is 0.265. The van der Waals surface area contributed by atoms with E-state index in [1.165, 1.54) is 44.9 Å². The molecule has 0 aliphatic heterocycles. The predicted molar refractivity (Wildman–Crippen MR) is 78.7 cm³/mol. The summed E-state index contributed by atoms with van der Waals surface area (Å²) in [7, 11) is 0. The van der Waals surface area contributed by atoms with Crippen molar-refractivity contribution in [3.05, 3.63) is 0 Å². The SMILES string of the molecule is CCC1CCCC(NC(=O)CC2CCCC(N)C2)C1. The van der Waals surface area contributed by atoms with Crippen LogP contribution < -0.4 is 11.1 Å². The summed E-state index contributed by atoms with van der Waals surface area (Å²) in [5.41, 5.74) is 5.99. The van der Waals surface area contributed by atoms with Crippen molar-refractivity contribution in [2.75, 3.05) is 0 Å². The van der Waals surface area contributed by atoms with Gasteiger partial charge in [-0.2, -0.15) is 0 Å². The maximum atomic E-state index is 12.1. The molecule has 0 aromatic carbocycles. The summed E-state index contributed by atoms with van der Waals surface area (Å²) in [5, 5.41) is 3.27. The van der Waals surface area contributed by atoms with Gasteiger partial charge < -0.3 is 11.1 Å². The van der Waals surface area contributed by atoms with Gasteiger partial charge in [-0.25, -0.2) is 0 Å². The van der Waals surface area contributed by atoms with Gasteiger partial charge in [0.15, 0.2) is 0 Å². The number of amides is 1. The number of rotatable bonds is 4. The predicted octanol–water partition coefficient (Wildman–Crippen LogP) is 2.98. The minimum absolute atomic E-state index is 0.265. The first-order chi connectivity index (χ1) is 9.17. The van der Waals surface area contributed by atoms with Gasteiger partial charge in [0.1, 0.15) is 0 Å². The van der Waals surface area contributed by atoms with E-state index in [1.807, 2.05) is 0 Å². The fourth-order valence-corrected chi connectivity index (χ4v) is 3.86. The van der Waals surface area contributed by atoms with Crippen LogP contribution in [0.25, 0.3) is 0 Å². The molecule has 3 N–H and O–H groups in total. The van der Waals surface area contributed by atoms with Gasteiger partial charge in [0.2, 0.25) is 5.91 Å². The second-order valence-electron chi connectivity index (χ2n) is 6.70. The smallest absolute Gasteiger partial charge is 0.220 e. The molecule has 2 aliphatic carbocycles. The molecule has 0 saturated heterocycles. The van der Waals surface area contributed by atoms with Crippen LogP contribution in [0.4, 0.5) is 0 Å². The second-order valence-corrected chi connectivity index (χ2v) is 6.70. The molecule has 110 valence electrons. The van der Waals surface area contributed by atoms with E-state index in [-0.39, 0.29) is 5.91 Å². The van der Waals surface area contributed by atoms with Gasteiger partial charge >= 0.3 is 0 Å². The molecular weight excluding hydrogens is 236 g/mol. The van der Waals surface area contributed by atoms with Crippen molar-refractivity contribution in [2.45, 2.75) is 83.2 Å². The van der Waals surface area contributed by atoms with Crippen LogP contribution in [0, 0.1) is 11.8 Å². The Morgan fingerprint density at radius 3 is 2.58 bits per heavy atom. The molecule has 0 aromatic heterocycles. The monoisotopic (exact) mass is 266 g/mol. The van der Waals surface area contributed by atoms with Crippen LogP contribution >= 0.6 is 0 Å². The molecule has 2 rings (SSSR count). The van der Waals surface area contributed by atoms with Gasteiger partial charge in [0.05, 0.1) is 0 Å². The van der Waals surface area contributed by atoms with E-state index in [1.54, 1.807) is 0 Å². The van der Waals surface area contributed by atoms with E-state index < -0.39 is 0 Å². The molecule has 2 saturated carbocycles. The highest BCUT2D eigenvalue weighted by Gasteiger charge is 2.25. The third-order valence-electron chi connectivity index (χ3n) is 5.02. The maximum Gasteiger partial charge on any atom is 0.220 e. The van der Waals surface area contributed by atoms with Crippen LogP contribution in [0.15, 0.2) is 0 Å². The Bertz CT molecular complexity index is 292. The largest absolute Gasteiger partial charge is 0.353 e. The van der Waals surface area contributed by atoms with Crippen molar-refractivity contribution < 1.29 is 4.79 Å². The summed E-state index contributed by atoms with van der Waals surface area (Å²) in [6, 6.07) is 0.758. The number of hydrogen-bond acceptors (Lipinski definition) is 2. The van der Waals surface area contributed by atoms with Crippen molar-refractivity contribution in [3.63, 3.8) is 0 Å². The summed E-state index contributed by atoms with van der Waals surface area (Å²) in [6.45, 7) is 2.26. The highest BCUT2D eigenvalue weighted by molar-refractivity contribution is 5.76. The molecule has 3 heteroatoms. The Hall–Kier alpha value is -0.570.